The van der Waals surface area contributed by atoms with E-state index in [1.807, 2.05) is 36.4 Å². The largest absolute Gasteiger partial charge is 0.465 e. The van der Waals surface area contributed by atoms with E-state index in [1.54, 1.807) is 12.1 Å². The van der Waals surface area contributed by atoms with Crippen molar-refractivity contribution >= 4 is 23.5 Å². The van der Waals surface area contributed by atoms with Gasteiger partial charge in [-0.15, -0.1) is 0 Å². The third-order valence-electron chi connectivity index (χ3n) is 8.17. The van der Waals surface area contributed by atoms with E-state index in [4.69, 9.17) is 16.3 Å². The maximum Gasteiger partial charge on any atom is 0.337 e. The van der Waals surface area contributed by atoms with Crippen LogP contribution in [0.25, 0.3) is 0 Å². The lowest BCUT2D eigenvalue weighted by Gasteiger charge is -2.49. The van der Waals surface area contributed by atoms with Crippen molar-refractivity contribution in [2.24, 2.45) is 11.3 Å². The topological polar surface area (TPSA) is 58.6 Å². The van der Waals surface area contributed by atoms with E-state index < -0.39 is 11.7 Å². The predicted molar refractivity (Wildman–Crippen MR) is 144 cm³/mol. The van der Waals surface area contributed by atoms with Crippen molar-refractivity contribution in [3.63, 3.8) is 0 Å². The molecule has 1 saturated heterocycles. The van der Waals surface area contributed by atoms with Gasteiger partial charge in [-0.25, -0.2) is 4.79 Å². The molecule has 0 bridgehead atoms. The molecule has 1 unspecified atom stereocenters. The Morgan fingerprint density at radius 1 is 1.17 bits per heavy atom. The third-order valence-corrected chi connectivity index (χ3v) is 8.40. The highest BCUT2D eigenvalue weighted by molar-refractivity contribution is 6.30. The Labute approximate surface area is 220 Å². The van der Waals surface area contributed by atoms with E-state index in [0.29, 0.717) is 16.5 Å². The molecule has 1 heterocycles. The highest BCUT2D eigenvalue weighted by Gasteiger charge is 2.55. The summed E-state index contributed by atoms with van der Waals surface area (Å²) in [6.45, 7) is 9.11. The molecule has 5 nitrogen and oxygen atoms in total. The molecule has 6 heteroatoms. The number of nitrogens with one attached hydrogen (secondary N) is 1. The first-order chi connectivity index (χ1) is 17.1. The zero-order valence-electron chi connectivity index (χ0n) is 22.1. The first-order valence-electron chi connectivity index (χ1n) is 13.1. The van der Waals surface area contributed by atoms with Gasteiger partial charge in [-0.2, -0.15) is 0 Å². The fourth-order valence-electron chi connectivity index (χ4n) is 6.14. The number of esters is 1. The summed E-state index contributed by atoms with van der Waals surface area (Å²) < 4.78 is 4.88. The number of amides is 1. The second kappa shape index (κ2) is 10.5. The molecule has 2 atom stereocenters. The van der Waals surface area contributed by atoms with Gasteiger partial charge >= 0.3 is 5.97 Å². The van der Waals surface area contributed by atoms with Crippen LogP contribution in [0.5, 0.6) is 0 Å². The number of benzene rings is 2. The van der Waals surface area contributed by atoms with Crippen molar-refractivity contribution in [1.82, 2.24) is 10.2 Å². The summed E-state index contributed by atoms with van der Waals surface area (Å²) in [6, 6.07) is 14.7. The Hall–Kier alpha value is -2.37. The summed E-state index contributed by atoms with van der Waals surface area (Å²) in [7, 11) is 1.39. The smallest absolute Gasteiger partial charge is 0.337 e. The Morgan fingerprint density at radius 2 is 1.83 bits per heavy atom. The molecular formula is C30H39ClN2O3. The molecule has 0 aromatic heterocycles. The first kappa shape index (κ1) is 26.7. The van der Waals surface area contributed by atoms with Crippen LogP contribution in [-0.2, 0) is 9.53 Å². The number of rotatable bonds is 6. The van der Waals surface area contributed by atoms with Crippen LogP contribution in [0, 0.1) is 11.3 Å². The van der Waals surface area contributed by atoms with Gasteiger partial charge < -0.3 is 9.64 Å². The summed E-state index contributed by atoms with van der Waals surface area (Å²) in [5, 5.41) is 4.45. The molecule has 36 heavy (non-hydrogen) atoms. The molecule has 2 aliphatic rings. The fraction of sp³-hybridized carbons (Fsp3) is 0.533. The third kappa shape index (κ3) is 5.19. The number of carbonyl (C=O) groups is 2. The molecule has 1 aliphatic heterocycles. The molecular weight excluding hydrogens is 472 g/mol. The number of hydrogen-bond acceptors (Lipinski definition) is 4. The van der Waals surface area contributed by atoms with Crippen LogP contribution < -0.4 is 5.32 Å². The summed E-state index contributed by atoms with van der Waals surface area (Å²) in [5.74, 6) is 0.364. The Balaban J connectivity index is 1.74. The van der Waals surface area contributed by atoms with Gasteiger partial charge in [0.05, 0.1) is 24.4 Å². The lowest BCUT2D eigenvalue weighted by atomic mass is 9.69. The molecule has 1 amide bonds. The molecule has 0 radical (unpaired) electrons. The molecule has 2 fully saturated rings. The van der Waals surface area contributed by atoms with Gasteiger partial charge in [0.25, 0.3) is 0 Å². The average molecular weight is 511 g/mol. The Morgan fingerprint density at radius 3 is 2.39 bits per heavy atom. The quantitative estimate of drug-likeness (QED) is 0.422. The number of hydrogen-bond donors (Lipinski definition) is 1. The minimum Gasteiger partial charge on any atom is -0.465 e. The van der Waals surface area contributed by atoms with Crippen molar-refractivity contribution in [3.8, 4) is 0 Å². The zero-order chi connectivity index (χ0) is 26.1. The van der Waals surface area contributed by atoms with E-state index in [9.17, 15) is 9.59 Å². The van der Waals surface area contributed by atoms with E-state index in [1.165, 1.54) is 7.11 Å². The molecule has 4 rings (SSSR count). The lowest BCUT2D eigenvalue weighted by molar-refractivity contribution is -0.137. The number of methoxy groups -OCH3 is 1. The Bertz CT molecular complexity index is 1080. The van der Waals surface area contributed by atoms with Crippen LogP contribution >= 0.6 is 11.6 Å². The van der Waals surface area contributed by atoms with Gasteiger partial charge in [0, 0.05) is 5.02 Å². The highest BCUT2D eigenvalue weighted by Crippen LogP contribution is 2.50. The summed E-state index contributed by atoms with van der Waals surface area (Å²) in [5.41, 5.74) is 2.30. The monoisotopic (exact) mass is 510 g/mol. The second-order valence-electron chi connectivity index (χ2n) is 11.4. The molecule has 2 aromatic rings. The van der Waals surface area contributed by atoms with Gasteiger partial charge in [0.15, 0.2) is 0 Å². The fourth-order valence-corrected chi connectivity index (χ4v) is 6.34. The number of ether oxygens (including phenoxy) is 1. The zero-order valence-corrected chi connectivity index (χ0v) is 22.9. The van der Waals surface area contributed by atoms with Crippen molar-refractivity contribution in [1.29, 1.82) is 0 Å². The molecule has 1 N–H and O–H groups in total. The van der Waals surface area contributed by atoms with E-state index in [0.717, 1.165) is 49.7 Å². The van der Waals surface area contributed by atoms with Crippen LogP contribution in [0.4, 0.5) is 0 Å². The number of halogens is 1. The van der Waals surface area contributed by atoms with Crippen molar-refractivity contribution in [3.05, 3.63) is 70.2 Å². The highest BCUT2D eigenvalue weighted by atomic mass is 35.5. The average Bonchev–Trinajstić information content (AvgIpc) is 3.13. The molecule has 1 aliphatic carbocycles. The lowest BCUT2D eigenvalue weighted by Crippen LogP contribution is -2.56. The molecule has 1 saturated carbocycles. The molecule has 2 aromatic carbocycles. The maximum absolute atomic E-state index is 14.2. The van der Waals surface area contributed by atoms with Gasteiger partial charge in [-0.3, -0.25) is 10.1 Å². The molecule has 194 valence electrons. The number of nitrogens with zero attached hydrogens (tertiary/aromatic N) is 1. The molecule has 1 spiro atoms. The van der Waals surface area contributed by atoms with Crippen molar-refractivity contribution in [2.45, 2.75) is 84.0 Å². The predicted octanol–water partition coefficient (Wildman–Crippen LogP) is 7.07. The van der Waals surface area contributed by atoms with Crippen LogP contribution in [0.3, 0.4) is 0 Å². The van der Waals surface area contributed by atoms with E-state index in [2.05, 4.69) is 37.9 Å². The van der Waals surface area contributed by atoms with Crippen LogP contribution in [0.15, 0.2) is 48.5 Å². The van der Waals surface area contributed by atoms with Crippen LogP contribution in [-0.4, -0.2) is 29.5 Å². The first-order valence-corrected chi connectivity index (χ1v) is 13.5. The van der Waals surface area contributed by atoms with E-state index >= 15 is 0 Å². The van der Waals surface area contributed by atoms with Crippen LogP contribution in [0.2, 0.25) is 5.02 Å². The minimum atomic E-state index is -0.427. The summed E-state index contributed by atoms with van der Waals surface area (Å²) in [4.78, 5) is 28.4. The summed E-state index contributed by atoms with van der Waals surface area (Å²) in [6.07, 6.45) is 5.76. The second-order valence-corrected chi connectivity index (χ2v) is 11.9. The van der Waals surface area contributed by atoms with Gasteiger partial charge in [-0.05, 0) is 78.8 Å². The normalized spacial score (nSPS) is 25.3. The van der Waals surface area contributed by atoms with Crippen LogP contribution in [0.1, 0.15) is 99.8 Å². The van der Waals surface area contributed by atoms with Crippen molar-refractivity contribution in [2.75, 3.05) is 7.11 Å². The number of carbonyl (C=O) groups excluding carboxylic acids is 2. The van der Waals surface area contributed by atoms with Gasteiger partial charge in [0.1, 0.15) is 6.04 Å². The van der Waals surface area contributed by atoms with Gasteiger partial charge in [0.2, 0.25) is 5.91 Å². The SMILES string of the molecule is CCC[C@H](c1ccc(C(=O)OC)cc1)N1C(=O)C(c2cccc(Cl)c2)NC12CCC(C(C)(C)C)CC2. The minimum absolute atomic E-state index is 0.0860. The van der Waals surface area contributed by atoms with Gasteiger partial charge in [-0.1, -0.05) is 70.0 Å². The van der Waals surface area contributed by atoms with E-state index in [-0.39, 0.29) is 23.3 Å². The van der Waals surface area contributed by atoms with Crippen molar-refractivity contribution < 1.29 is 14.3 Å². The summed E-state index contributed by atoms with van der Waals surface area (Å²) >= 11 is 6.32. The standard InChI is InChI=1S/C30H39ClN2O3/c1-6-8-25(20-11-13-21(14-12-20)28(35)36-5)33-27(34)26(22-9-7-10-24(31)19-22)32-30(33)17-15-23(16-18-30)29(2,3)4/h7,9-14,19,23,25-26,32H,6,8,15-18H2,1-5H3/t23?,25-,26?,30?/m1/s1. The Kier molecular flexibility index (Phi) is 7.82. The maximum atomic E-state index is 14.2.